The van der Waals surface area contributed by atoms with Crippen molar-refractivity contribution in [1.82, 2.24) is 18.9 Å². The van der Waals surface area contributed by atoms with Gasteiger partial charge >= 0.3 is 5.97 Å². The smallest absolute Gasteiger partial charge is 0.303 e. The summed E-state index contributed by atoms with van der Waals surface area (Å²) in [7, 11) is -11.9. The quantitative estimate of drug-likeness (QED) is 0.0226. The van der Waals surface area contributed by atoms with Gasteiger partial charge in [0.25, 0.3) is 0 Å². The molecular weight excluding hydrogens is 1370 g/mol. The number of nitrogens with one attached hydrogen (secondary N) is 4. The monoisotopic (exact) mass is 1470 g/mol. The SMILES string of the molecule is C.CCCOCCNS(=O)(=O)CCCOC1c2cc(-c3ccc4c(c3)C(CCCS(=O)(=O)NCCOCCC)(CCCS(=O)(=O)NCCOCCOC)c3cc(C)ccc3-4)ccc2-c2ccc(-c3ccc(OCCCCCC(=O)O)cc3)cc2C1OCCCS(=O)(=O)NCCOCCOC. The normalized spacial score (nSPS) is 15.8. The molecule has 5 aromatic carbocycles. The molecule has 3 unspecified atom stereocenters. The standard InChI is InChI=1S/C72H104N4O19S4.CH4/c1-6-34-89-39-30-73-96(79,80)47-11-28-72(29-12-48-97(81,82)74-32-41-91-45-43-87-4)67-51-55(3)16-24-63(67)64-27-21-59(54-68(64)72)58-20-26-62-61-25-19-57(56-17-22-60(23-18-56)93-36-10-8-9-15-69(77)78)52-65(61)70(94-37-13-50-99(85,86)76-33-42-92-46-44-88-5)71(66(62)53-58)95-38-14-49-98(83,84)75-31-40-90-35-7-2;/h16-27,51-54,70-71,73-76H,6-15,28-50H2,1-5H3,(H,77,78);1H4. The summed E-state index contributed by atoms with van der Waals surface area (Å²) >= 11 is 0. The first-order valence-corrected chi connectivity index (χ1v) is 41.2. The maximum absolute atomic E-state index is 13.7. The van der Waals surface area contributed by atoms with E-state index in [4.69, 9.17) is 47.7 Å². The zero-order valence-electron chi connectivity index (χ0n) is 58.2. The Labute approximate surface area is 595 Å². The molecule has 0 radical (unpaired) electrons. The molecule has 2 aliphatic carbocycles. The summed E-state index contributed by atoms with van der Waals surface area (Å²) in [5.74, 6) is -1.00. The fourth-order valence-corrected chi connectivity index (χ4v) is 16.7. The van der Waals surface area contributed by atoms with Gasteiger partial charge < -0.3 is 47.7 Å². The van der Waals surface area contributed by atoms with Crippen molar-refractivity contribution < 1.29 is 86.2 Å². The molecular formula is C73H108N4O19S4. The van der Waals surface area contributed by atoms with Crippen LogP contribution >= 0.6 is 0 Å². The number of carbonyl (C=O) groups is 1. The molecule has 0 aliphatic heterocycles. The summed E-state index contributed by atoms with van der Waals surface area (Å²) in [6, 6.07) is 32.5. The average Bonchev–Trinajstić information content (AvgIpc) is 1.46. The van der Waals surface area contributed by atoms with Gasteiger partial charge in [0.1, 0.15) is 18.0 Å². The van der Waals surface area contributed by atoms with Gasteiger partial charge in [-0.25, -0.2) is 52.6 Å². The van der Waals surface area contributed by atoms with Gasteiger partial charge in [0.05, 0.1) is 82.5 Å². The van der Waals surface area contributed by atoms with Gasteiger partial charge in [0.2, 0.25) is 40.1 Å². The number of rotatable bonds is 53. The lowest BCUT2D eigenvalue weighted by Crippen LogP contribution is -2.33. The Kier molecular flexibility index (Phi) is 35.5. The van der Waals surface area contributed by atoms with Gasteiger partial charge in [0.15, 0.2) is 0 Å². The molecule has 5 N–H and O–H groups in total. The summed E-state index contributed by atoms with van der Waals surface area (Å²) < 4.78 is 171. The molecule has 0 spiro atoms. The first kappa shape index (κ1) is 83.6. The Morgan fingerprint density at radius 2 is 0.830 bits per heavy atom. The van der Waals surface area contributed by atoms with E-state index in [1.165, 1.54) is 0 Å². The first-order valence-electron chi connectivity index (χ1n) is 34.6. The van der Waals surface area contributed by atoms with E-state index in [0.29, 0.717) is 77.7 Å². The number of sulfonamides is 4. The van der Waals surface area contributed by atoms with E-state index in [2.05, 4.69) is 55.3 Å². The molecule has 100 heavy (non-hydrogen) atoms. The van der Waals surface area contributed by atoms with Crippen LogP contribution in [0, 0.1) is 6.92 Å². The predicted octanol–water partition coefficient (Wildman–Crippen LogP) is 10.2. The third kappa shape index (κ3) is 26.4. The van der Waals surface area contributed by atoms with Crippen LogP contribution in [0.2, 0.25) is 0 Å². The van der Waals surface area contributed by atoms with Gasteiger partial charge in [-0.1, -0.05) is 93.6 Å². The van der Waals surface area contributed by atoms with Crippen molar-refractivity contribution >= 4 is 46.1 Å². The third-order valence-corrected chi connectivity index (χ3v) is 23.1. The van der Waals surface area contributed by atoms with Crippen LogP contribution in [-0.2, 0) is 88.2 Å². The highest BCUT2D eigenvalue weighted by Crippen LogP contribution is 2.56. The summed E-state index contributed by atoms with van der Waals surface area (Å²) in [5.41, 5.74) is 10.5. The molecule has 27 heteroatoms. The van der Waals surface area contributed by atoms with Crippen molar-refractivity contribution in [3.8, 4) is 50.3 Å². The molecule has 0 fully saturated rings. The van der Waals surface area contributed by atoms with Crippen LogP contribution in [0.25, 0.3) is 44.5 Å². The lowest BCUT2D eigenvalue weighted by atomic mass is 9.71. The second-order valence-corrected chi connectivity index (χ2v) is 32.6. The Hall–Kier alpha value is -5.31. The van der Waals surface area contributed by atoms with Crippen molar-refractivity contribution in [3.63, 3.8) is 0 Å². The fraction of sp³-hybridized carbons (Fsp3) is 0.575. The van der Waals surface area contributed by atoms with Crippen molar-refractivity contribution in [2.45, 2.75) is 123 Å². The topological polar surface area (TPSA) is 305 Å². The summed E-state index contributed by atoms with van der Waals surface area (Å²) in [4.78, 5) is 11.0. The molecule has 0 saturated heterocycles. The number of aliphatic carboxylic acids is 1. The fourth-order valence-electron chi connectivity index (χ4n) is 12.5. The van der Waals surface area contributed by atoms with E-state index in [-0.39, 0.29) is 128 Å². The maximum atomic E-state index is 13.7. The number of benzene rings is 5. The van der Waals surface area contributed by atoms with Crippen LogP contribution in [0.4, 0.5) is 0 Å². The summed E-state index contributed by atoms with van der Waals surface area (Å²) in [6.45, 7) is 10.0. The molecule has 0 aromatic heterocycles. The van der Waals surface area contributed by atoms with Crippen LogP contribution in [0.15, 0.2) is 97.1 Å². The van der Waals surface area contributed by atoms with E-state index < -0.39 is 63.7 Å². The maximum Gasteiger partial charge on any atom is 0.303 e. The Bertz CT molecular complexity index is 3790. The number of carboxylic acids is 1. The van der Waals surface area contributed by atoms with Crippen LogP contribution in [0.5, 0.6) is 5.75 Å². The zero-order chi connectivity index (χ0) is 71.2. The lowest BCUT2D eigenvalue weighted by Gasteiger charge is -2.36. The van der Waals surface area contributed by atoms with Gasteiger partial charge in [-0.05, 0) is 175 Å². The highest BCUT2D eigenvalue weighted by atomic mass is 32.2. The second kappa shape index (κ2) is 42.5. The molecule has 7 rings (SSSR count). The van der Waals surface area contributed by atoms with E-state index >= 15 is 0 Å². The largest absolute Gasteiger partial charge is 0.494 e. The number of ether oxygens (including phenoxy) is 9. The van der Waals surface area contributed by atoms with Crippen LogP contribution in [-0.4, -0.2) is 194 Å². The number of unbranched alkanes of at least 4 members (excludes halogenated alkanes) is 2. The van der Waals surface area contributed by atoms with E-state index in [1.807, 2.05) is 81.4 Å². The Balaban J connectivity index is 0.0000157. The molecule has 23 nitrogen and oxygen atoms in total. The van der Waals surface area contributed by atoms with Gasteiger partial charge in [-0.2, -0.15) is 0 Å². The van der Waals surface area contributed by atoms with E-state index in [0.717, 1.165) is 91.6 Å². The molecule has 558 valence electrons. The summed E-state index contributed by atoms with van der Waals surface area (Å²) in [5, 5.41) is 9.05. The minimum absolute atomic E-state index is 0. The summed E-state index contributed by atoms with van der Waals surface area (Å²) in [6.07, 6.45) is 3.46. The van der Waals surface area contributed by atoms with E-state index in [9.17, 15) is 38.5 Å². The minimum Gasteiger partial charge on any atom is -0.494 e. The molecule has 0 amide bonds. The lowest BCUT2D eigenvalue weighted by molar-refractivity contribution is -0.137. The molecule has 5 aromatic rings. The Morgan fingerprint density at radius 3 is 1.28 bits per heavy atom. The van der Waals surface area contributed by atoms with Crippen LogP contribution < -0.4 is 23.6 Å². The van der Waals surface area contributed by atoms with Gasteiger partial charge in [-0.15, -0.1) is 0 Å². The highest BCUT2D eigenvalue weighted by Gasteiger charge is 2.44. The third-order valence-electron chi connectivity index (χ3n) is 17.2. The zero-order valence-corrected chi connectivity index (χ0v) is 61.4. The van der Waals surface area contributed by atoms with Crippen molar-refractivity contribution in [1.29, 1.82) is 0 Å². The first-order chi connectivity index (χ1) is 47.6. The van der Waals surface area contributed by atoms with Gasteiger partial charge in [0, 0.05) is 78.7 Å². The number of carboxylic acid groups (broad SMARTS) is 1. The molecule has 2 aliphatic rings. The number of aryl methyl sites for hydroxylation is 1. The Morgan fingerprint density at radius 1 is 0.430 bits per heavy atom. The second-order valence-electron chi connectivity index (χ2n) is 24.9. The highest BCUT2D eigenvalue weighted by molar-refractivity contribution is 7.90. The van der Waals surface area contributed by atoms with Crippen LogP contribution in [0.3, 0.4) is 0 Å². The van der Waals surface area contributed by atoms with Crippen molar-refractivity contribution in [3.05, 3.63) is 125 Å². The van der Waals surface area contributed by atoms with Crippen molar-refractivity contribution in [2.75, 3.05) is 149 Å². The number of hydrogen-bond acceptors (Lipinski definition) is 18. The van der Waals surface area contributed by atoms with E-state index in [1.54, 1.807) is 14.2 Å². The molecule has 0 bridgehead atoms. The van der Waals surface area contributed by atoms with Gasteiger partial charge in [-0.3, -0.25) is 4.79 Å². The number of hydrogen-bond donors (Lipinski definition) is 5. The van der Waals surface area contributed by atoms with Crippen LogP contribution in [0.1, 0.15) is 138 Å². The average molecular weight is 1470 g/mol. The molecule has 3 atom stereocenters. The van der Waals surface area contributed by atoms with Crippen molar-refractivity contribution in [2.24, 2.45) is 0 Å². The number of fused-ring (bicyclic) bond motifs is 6. The minimum atomic E-state index is -3.77. The predicted molar refractivity (Wildman–Crippen MR) is 392 cm³/mol. The molecule has 0 saturated carbocycles. The number of methoxy groups -OCH3 is 2. The molecule has 0 heterocycles.